The van der Waals surface area contributed by atoms with Gasteiger partial charge in [-0.2, -0.15) is 0 Å². The van der Waals surface area contributed by atoms with Gasteiger partial charge in [0.1, 0.15) is 0 Å². The Kier molecular flexibility index (Phi) is 7.41. The van der Waals surface area contributed by atoms with E-state index in [1.807, 2.05) is 18.2 Å². The Morgan fingerprint density at radius 2 is 1.96 bits per heavy atom. The Labute approximate surface area is 168 Å². The number of nitrogens with one attached hydrogen (secondary N) is 1. The van der Waals surface area contributed by atoms with Crippen molar-refractivity contribution < 1.29 is 14.5 Å². The van der Waals surface area contributed by atoms with Gasteiger partial charge in [-0.15, -0.1) is 11.8 Å². The van der Waals surface area contributed by atoms with E-state index >= 15 is 0 Å². The highest BCUT2D eigenvalue weighted by Gasteiger charge is 2.21. The maximum absolute atomic E-state index is 12.1. The smallest absolute Gasteiger partial charge is 0.269 e. The molecule has 28 heavy (non-hydrogen) atoms. The normalized spacial score (nSPS) is 17.2. The quantitative estimate of drug-likeness (QED) is 0.416. The van der Waals surface area contributed by atoms with E-state index in [9.17, 15) is 14.9 Å². The molecule has 1 saturated heterocycles. The minimum Gasteiger partial charge on any atom is -0.374 e. The molecule has 1 amide bonds. The van der Waals surface area contributed by atoms with Gasteiger partial charge in [0.05, 0.1) is 23.4 Å². The average Bonchev–Trinajstić information content (AvgIpc) is 2.72. The molecule has 2 aromatic carbocycles. The Hall–Kier alpha value is -2.42. The number of amides is 1. The zero-order chi connectivity index (χ0) is 19.8. The summed E-state index contributed by atoms with van der Waals surface area (Å²) in [5.41, 5.74) is 1.31. The second kappa shape index (κ2) is 10.2. The van der Waals surface area contributed by atoms with Crippen molar-refractivity contribution in [3.63, 3.8) is 0 Å². The van der Waals surface area contributed by atoms with Crippen LogP contribution in [0.4, 0.5) is 5.69 Å². The standard InChI is InChI=1S/C20H23N3O4S/c24-20(15-28-19-8-6-17(7-9-19)23(25)26)21-12-18-14-22(10-11-27-18)13-16-4-2-1-3-5-16/h1-9,18H,10-15H2,(H,21,24). The summed E-state index contributed by atoms with van der Waals surface area (Å²) < 4.78 is 5.77. The van der Waals surface area contributed by atoms with Gasteiger partial charge in [-0.25, -0.2) is 0 Å². The molecule has 8 heteroatoms. The van der Waals surface area contributed by atoms with E-state index in [-0.39, 0.29) is 23.5 Å². The summed E-state index contributed by atoms with van der Waals surface area (Å²) >= 11 is 1.35. The monoisotopic (exact) mass is 401 g/mol. The largest absolute Gasteiger partial charge is 0.374 e. The molecule has 1 aliphatic heterocycles. The molecule has 0 saturated carbocycles. The van der Waals surface area contributed by atoms with Crippen molar-refractivity contribution in [3.8, 4) is 0 Å². The SMILES string of the molecule is O=C(CSc1ccc([N+](=O)[O-])cc1)NCC1CN(Cc2ccccc2)CCO1. The maximum atomic E-state index is 12.1. The van der Waals surface area contributed by atoms with Crippen LogP contribution in [0.2, 0.25) is 0 Å². The summed E-state index contributed by atoms with van der Waals surface area (Å²) in [7, 11) is 0. The minimum absolute atomic E-state index is 0.0224. The van der Waals surface area contributed by atoms with E-state index in [0.717, 1.165) is 24.5 Å². The van der Waals surface area contributed by atoms with Gasteiger partial charge in [-0.1, -0.05) is 30.3 Å². The molecule has 0 spiro atoms. The number of hydrogen-bond acceptors (Lipinski definition) is 6. The molecule has 1 unspecified atom stereocenters. The molecule has 1 fully saturated rings. The zero-order valence-electron chi connectivity index (χ0n) is 15.5. The molecule has 0 aliphatic carbocycles. The number of nitro benzene ring substituents is 1. The van der Waals surface area contributed by atoms with Gasteiger partial charge in [0, 0.05) is 43.2 Å². The lowest BCUT2D eigenvalue weighted by atomic mass is 10.2. The predicted molar refractivity (Wildman–Crippen MR) is 108 cm³/mol. The predicted octanol–water partition coefficient (Wildman–Crippen LogP) is 2.70. The van der Waals surface area contributed by atoms with Crippen LogP contribution in [0.3, 0.4) is 0 Å². The Bertz CT molecular complexity index is 786. The lowest BCUT2D eigenvalue weighted by Crippen LogP contribution is -2.47. The van der Waals surface area contributed by atoms with Crippen molar-refractivity contribution in [2.45, 2.75) is 17.5 Å². The highest BCUT2D eigenvalue weighted by Crippen LogP contribution is 2.21. The van der Waals surface area contributed by atoms with Gasteiger partial charge in [0.25, 0.3) is 5.69 Å². The van der Waals surface area contributed by atoms with Crippen LogP contribution in [0.25, 0.3) is 0 Å². The van der Waals surface area contributed by atoms with Crippen molar-refractivity contribution in [3.05, 3.63) is 70.3 Å². The number of thioether (sulfide) groups is 1. The first-order valence-corrected chi connectivity index (χ1v) is 10.1. The van der Waals surface area contributed by atoms with Crippen LogP contribution in [-0.2, 0) is 16.1 Å². The first kappa shape index (κ1) is 20.3. The molecule has 7 nitrogen and oxygen atoms in total. The van der Waals surface area contributed by atoms with Gasteiger partial charge in [0.15, 0.2) is 0 Å². The number of hydrogen-bond donors (Lipinski definition) is 1. The molecule has 0 aromatic heterocycles. The molecule has 1 aliphatic rings. The van der Waals surface area contributed by atoms with Crippen LogP contribution >= 0.6 is 11.8 Å². The van der Waals surface area contributed by atoms with Crippen molar-refractivity contribution in [1.82, 2.24) is 10.2 Å². The molecule has 0 bridgehead atoms. The van der Waals surface area contributed by atoms with Gasteiger partial charge >= 0.3 is 0 Å². The van der Waals surface area contributed by atoms with Crippen LogP contribution in [0.5, 0.6) is 0 Å². The van der Waals surface area contributed by atoms with Crippen LogP contribution in [0.1, 0.15) is 5.56 Å². The number of carbonyl (C=O) groups is 1. The first-order valence-electron chi connectivity index (χ1n) is 9.12. The third-order valence-electron chi connectivity index (χ3n) is 4.42. The molecular weight excluding hydrogens is 378 g/mol. The highest BCUT2D eigenvalue weighted by atomic mass is 32.2. The molecule has 148 valence electrons. The van der Waals surface area contributed by atoms with Crippen LogP contribution < -0.4 is 5.32 Å². The molecular formula is C20H23N3O4S. The second-order valence-electron chi connectivity index (χ2n) is 6.56. The topological polar surface area (TPSA) is 84.7 Å². The fourth-order valence-corrected chi connectivity index (χ4v) is 3.71. The lowest BCUT2D eigenvalue weighted by Gasteiger charge is -2.33. The van der Waals surface area contributed by atoms with Gasteiger partial charge in [0.2, 0.25) is 5.91 Å². The van der Waals surface area contributed by atoms with Crippen molar-refractivity contribution in [2.24, 2.45) is 0 Å². The van der Waals surface area contributed by atoms with E-state index in [1.165, 1.54) is 29.5 Å². The van der Waals surface area contributed by atoms with Crippen LogP contribution in [-0.4, -0.2) is 53.8 Å². The number of benzene rings is 2. The molecule has 1 atom stereocenters. The van der Waals surface area contributed by atoms with E-state index in [2.05, 4.69) is 22.3 Å². The van der Waals surface area contributed by atoms with E-state index in [4.69, 9.17) is 4.74 Å². The van der Waals surface area contributed by atoms with Crippen LogP contribution in [0.15, 0.2) is 59.5 Å². The van der Waals surface area contributed by atoms with Gasteiger partial charge < -0.3 is 10.1 Å². The van der Waals surface area contributed by atoms with Crippen LogP contribution in [0, 0.1) is 10.1 Å². The Morgan fingerprint density at radius 1 is 1.21 bits per heavy atom. The highest BCUT2D eigenvalue weighted by molar-refractivity contribution is 8.00. The van der Waals surface area contributed by atoms with Crippen molar-refractivity contribution in [1.29, 1.82) is 0 Å². The zero-order valence-corrected chi connectivity index (χ0v) is 16.3. The molecule has 2 aromatic rings. The third kappa shape index (κ3) is 6.33. The number of nitrogens with zero attached hydrogens (tertiary/aromatic N) is 2. The number of rotatable bonds is 8. The average molecular weight is 401 g/mol. The van der Waals surface area contributed by atoms with E-state index in [1.54, 1.807) is 12.1 Å². The number of ether oxygens (including phenoxy) is 1. The third-order valence-corrected chi connectivity index (χ3v) is 5.43. The molecule has 3 rings (SSSR count). The van der Waals surface area contributed by atoms with Gasteiger partial charge in [-0.3, -0.25) is 19.8 Å². The minimum atomic E-state index is -0.438. The summed E-state index contributed by atoms with van der Waals surface area (Å²) in [6.07, 6.45) is -0.0224. The maximum Gasteiger partial charge on any atom is 0.269 e. The number of morpholine rings is 1. The summed E-state index contributed by atoms with van der Waals surface area (Å²) in [5, 5.41) is 13.6. The fourth-order valence-electron chi connectivity index (χ4n) is 2.98. The Morgan fingerprint density at radius 3 is 2.68 bits per heavy atom. The Balaban J connectivity index is 1.38. The van der Waals surface area contributed by atoms with Crippen molar-refractivity contribution >= 4 is 23.4 Å². The first-order chi connectivity index (χ1) is 13.6. The summed E-state index contributed by atoms with van der Waals surface area (Å²) in [5.74, 6) is 0.185. The summed E-state index contributed by atoms with van der Waals surface area (Å²) in [4.78, 5) is 25.5. The molecule has 1 N–H and O–H groups in total. The molecule has 1 heterocycles. The second-order valence-corrected chi connectivity index (χ2v) is 7.61. The van der Waals surface area contributed by atoms with E-state index in [0.29, 0.717) is 13.2 Å². The number of nitro groups is 1. The lowest BCUT2D eigenvalue weighted by molar-refractivity contribution is -0.384. The summed E-state index contributed by atoms with van der Waals surface area (Å²) in [6.45, 7) is 3.68. The van der Waals surface area contributed by atoms with Crippen molar-refractivity contribution in [2.75, 3.05) is 32.0 Å². The van der Waals surface area contributed by atoms with Gasteiger partial charge in [-0.05, 0) is 17.7 Å². The number of non-ortho nitro benzene ring substituents is 1. The van der Waals surface area contributed by atoms with E-state index < -0.39 is 4.92 Å². The summed E-state index contributed by atoms with van der Waals surface area (Å²) in [6, 6.07) is 16.5. The number of carbonyl (C=O) groups excluding carboxylic acids is 1. The fraction of sp³-hybridized carbons (Fsp3) is 0.350. The molecule has 0 radical (unpaired) electrons.